The van der Waals surface area contributed by atoms with E-state index in [-0.39, 0.29) is 11.9 Å². The molecule has 1 amide bonds. The molecular weight excluding hydrogens is 264 g/mol. The molecule has 0 aliphatic heterocycles. The molecule has 1 aromatic carbocycles. The van der Waals surface area contributed by atoms with Crippen molar-refractivity contribution in [3.05, 3.63) is 53.5 Å². The van der Waals surface area contributed by atoms with Crippen molar-refractivity contribution in [3.63, 3.8) is 0 Å². The van der Waals surface area contributed by atoms with E-state index in [1.165, 1.54) is 5.56 Å². The number of aryl methyl sites for hydroxylation is 1. The zero-order valence-corrected chi connectivity index (χ0v) is 12.8. The molecular formula is C17H22N2O2. The number of furan rings is 1. The van der Waals surface area contributed by atoms with E-state index in [9.17, 15) is 4.79 Å². The lowest BCUT2D eigenvalue weighted by Crippen LogP contribution is -2.17. The minimum atomic E-state index is 0.0297. The fraction of sp³-hybridized carbons (Fsp3) is 0.353. The van der Waals surface area contributed by atoms with E-state index in [0.717, 1.165) is 17.2 Å². The number of amides is 1. The Labute approximate surface area is 125 Å². The highest BCUT2D eigenvalue weighted by molar-refractivity contribution is 5.90. The van der Waals surface area contributed by atoms with Gasteiger partial charge >= 0.3 is 0 Å². The minimum Gasteiger partial charge on any atom is -0.465 e. The van der Waals surface area contributed by atoms with Gasteiger partial charge in [0.1, 0.15) is 11.5 Å². The molecule has 4 heteroatoms. The van der Waals surface area contributed by atoms with Crippen LogP contribution in [0.1, 0.15) is 43.4 Å². The summed E-state index contributed by atoms with van der Waals surface area (Å²) in [5.41, 5.74) is 2.01. The minimum absolute atomic E-state index is 0.0297. The Kier molecular flexibility index (Phi) is 5.17. The summed E-state index contributed by atoms with van der Waals surface area (Å²) >= 11 is 0. The first-order chi connectivity index (χ1) is 10.1. The monoisotopic (exact) mass is 286 g/mol. The van der Waals surface area contributed by atoms with Gasteiger partial charge in [-0.3, -0.25) is 4.79 Å². The van der Waals surface area contributed by atoms with E-state index in [2.05, 4.69) is 17.6 Å². The highest BCUT2D eigenvalue weighted by Crippen LogP contribution is 2.17. The van der Waals surface area contributed by atoms with Crippen LogP contribution in [0.3, 0.4) is 0 Å². The molecule has 2 rings (SSSR count). The molecule has 1 heterocycles. The molecule has 2 N–H and O–H groups in total. The van der Waals surface area contributed by atoms with E-state index >= 15 is 0 Å². The number of nitrogens with one attached hydrogen (secondary N) is 2. The smallest absolute Gasteiger partial charge is 0.224 e. The fourth-order valence-electron chi connectivity index (χ4n) is 2.06. The van der Waals surface area contributed by atoms with Crippen LogP contribution >= 0.6 is 0 Å². The van der Waals surface area contributed by atoms with Crippen LogP contribution in [-0.4, -0.2) is 5.91 Å². The van der Waals surface area contributed by atoms with Gasteiger partial charge in [-0.1, -0.05) is 19.1 Å². The first-order valence-electron chi connectivity index (χ1n) is 7.27. The Balaban J connectivity index is 1.90. The Hall–Kier alpha value is -2.07. The molecule has 0 saturated heterocycles. The molecule has 4 nitrogen and oxygen atoms in total. The van der Waals surface area contributed by atoms with Crippen molar-refractivity contribution in [2.45, 2.75) is 39.8 Å². The molecule has 1 atom stereocenters. The third-order valence-corrected chi connectivity index (χ3v) is 3.39. The average molecular weight is 286 g/mol. The highest BCUT2D eigenvalue weighted by atomic mass is 16.3. The maximum Gasteiger partial charge on any atom is 0.224 e. The highest BCUT2D eigenvalue weighted by Gasteiger charge is 2.07. The van der Waals surface area contributed by atoms with Crippen LogP contribution in [0.2, 0.25) is 0 Å². The normalized spacial score (nSPS) is 12.1. The number of carbonyl (C=O) groups excluding carboxylic acids is 1. The predicted octanol–water partition coefficient (Wildman–Crippen LogP) is 3.79. The standard InChI is InChI=1S/C17H22N2O2/c1-4-17(20)19-15-8-6-14(7-9-15)13(3)18-11-16-10-5-12(2)21-16/h5-10,13,18H,4,11H2,1-3H3,(H,19,20)/t13-/m1/s1. The average Bonchev–Trinajstić information content (AvgIpc) is 2.91. The summed E-state index contributed by atoms with van der Waals surface area (Å²) in [5, 5.41) is 6.26. The first kappa shape index (κ1) is 15.3. The number of carbonyl (C=O) groups is 1. The van der Waals surface area contributed by atoms with Crippen molar-refractivity contribution in [2.75, 3.05) is 5.32 Å². The number of anilines is 1. The first-order valence-corrected chi connectivity index (χ1v) is 7.27. The Morgan fingerprint density at radius 2 is 1.90 bits per heavy atom. The Bertz CT molecular complexity index is 587. The van der Waals surface area contributed by atoms with Gasteiger partial charge in [-0.25, -0.2) is 0 Å². The SMILES string of the molecule is CCC(=O)Nc1ccc([C@@H](C)NCc2ccc(C)o2)cc1. The molecule has 0 saturated carbocycles. The maximum absolute atomic E-state index is 11.3. The summed E-state index contributed by atoms with van der Waals surface area (Å²) in [4.78, 5) is 11.3. The third-order valence-electron chi connectivity index (χ3n) is 3.39. The summed E-state index contributed by atoms with van der Waals surface area (Å²) in [5.74, 6) is 1.89. The van der Waals surface area contributed by atoms with Crippen LogP contribution in [0.25, 0.3) is 0 Å². The van der Waals surface area contributed by atoms with Crippen molar-refractivity contribution >= 4 is 11.6 Å². The summed E-state index contributed by atoms with van der Waals surface area (Å²) in [6, 6.07) is 12.1. The van der Waals surface area contributed by atoms with Crippen LogP contribution in [0.4, 0.5) is 5.69 Å². The molecule has 21 heavy (non-hydrogen) atoms. The lowest BCUT2D eigenvalue weighted by molar-refractivity contribution is -0.115. The van der Waals surface area contributed by atoms with Crippen LogP contribution in [-0.2, 0) is 11.3 Å². The van der Waals surface area contributed by atoms with Gasteiger partial charge in [0.05, 0.1) is 6.54 Å². The van der Waals surface area contributed by atoms with E-state index in [1.807, 2.05) is 50.2 Å². The summed E-state index contributed by atoms with van der Waals surface area (Å²) in [7, 11) is 0. The number of rotatable bonds is 6. The van der Waals surface area contributed by atoms with E-state index in [1.54, 1.807) is 0 Å². The van der Waals surface area contributed by atoms with Gasteiger partial charge in [0.15, 0.2) is 0 Å². The van der Waals surface area contributed by atoms with Gasteiger partial charge in [-0.2, -0.15) is 0 Å². The zero-order chi connectivity index (χ0) is 15.2. The van der Waals surface area contributed by atoms with E-state index < -0.39 is 0 Å². The second-order valence-electron chi connectivity index (χ2n) is 5.14. The van der Waals surface area contributed by atoms with Crippen molar-refractivity contribution in [1.29, 1.82) is 0 Å². The molecule has 0 fully saturated rings. The topological polar surface area (TPSA) is 54.3 Å². The van der Waals surface area contributed by atoms with Gasteiger partial charge in [0, 0.05) is 18.2 Å². The van der Waals surface area contributed by atoms with Gasteiger partial charge in [0.2, 0.25) is 5.91 Å². The summed E-state index contributed by atoms with van der Waals surface area (Å²) < 4.78 is 5.53. The predicted molar refractivity (Wildman–Crippen MR) is 84.1 cm³/mol. The van der Waals surface area contributed by atoms with Crippen molar-refractivity contribution < 1.29 is 9.21 Å². The Morgan fingerprint density at radius 3 is 2.48 bits per heavy atom. The number of hydrogen-bond acceptors (Lipinski definition) is 3. The molecule has 0 aliphatic carbocycles. The largest absolute Gasteiger partial charge is 0.465 e. The molecule has 0 bridgehead atoms. The second kappa shape index (κ2) is 7.09. The van der Waals surface area contributed by atoms with E-state index in [0.29, 0.717) is 13.0 Å². The molecule has 2 aromatic rings. The molecule has 0 aliphatic rings. The van der Waals surface area contributed by atoms with Gasteiger partial charge < -0.3 is 15.1 Å². The summed E-state index contributed by atoms with van der Waals surface area (Å²) in [6.45, 7) is 6.58. The molecule has 0 unspecified atom stereocenters. The van der Waals surface area contributed by atoms with Crippen molar-refractivity contribution in [3.8, 4) is 0 Å². The maximum atomic E-state index is 11.3. The zero-order valence-electron chi connectivity index (χ0n) is 12.8. The van der Waals surface area contributed by atoms with Crippen LogP contribution in [0, 0.1) is 6.92 Å². The number of benzene rings is 1. The Morgan fingerprint density at radius 1 is 1.19 bits per heavy atom. The van der Waals surface area contributed by atoms with Crippen LogP contribution in [0.15, 0.2) is 40.8 Å². The quantitative estimate of drug-likeness (QED) is 0.849. The van der Waals surface area contributed by atoms with Crippen LogP contribution < -0.4 is 10.6 Å². The third kappa shape index (κ3) is 4.46. The lowest BCUT2D eigenvalue weighted by atomic mass is 10.1. The van der Waals surface area contributed by atoms with Gasteiger partial charge in [-0.05, 0) is 43.7 Å². The van der Waals surface area contributed by atoms with Crippen LogP contribution in [0.5, 0.6) is 0 Å². The second-order valence-corrected chi connectivity index (χ2v) is 5.14. The van der Waals surface area contributed by atoms with Crippen molar-refractivity contribution in [2.24, 2.45) is 0 Å². The van der Waals surface area contributed by atoms with Gasteiger partial charge in [-0.15, -0.1) is 0 Å². The number of hydrogen-bond donors (Lipinski definition) is 2. The fourth-order valence-corrected chi connectivity index (χ4v) is 2.06. The lowest BCUT2D eigenvalue weighted by Gasteiger charge is -2.14. The molecule has 1 aromatic heterocycles. The molecule has 0 spiro atoms. The molecule has 112 valence electrons. The van der Waals surface area contributed by atoms with E-state index in [4.69, 9.17) is 4.42 Å². The van der Waals surface area contributed by atoms with Crippen molar-refractivity contribution in [1.82, 2.24) is 5.32 Å². The van der Waals surface area contributed by atoms with Gasteiger partial charge in [0.25, 0.3) is 0 Å². The summed E-state index contributed by atoms with van der Waals surface area (Å²) in [6.07, 6.45) is 0.488. The molecule has 0 radical (unpaired) electrons.